The molecule has 0 spiro atoms. The van der Waals surface area contributed by atoms with Gasteiger partial charge in [-0.3, -0.25) is 0 Å². The van der Waals surface area contributed by atoms with Crippen molar-refractivity contribution in [1.82, 2.24) is 0 Å². The number of methoxy groups -OCH3 is 1. The first-order valence-electron chi connectivity index (χ1n) is 7.26. The molecule has 2 aromatic carbocycles. The van der Waals surface area contributed by atoms with Crippen LogP contribution in [0.15, 0.2) is 42.5 Å². The molecular formula is C19H18FNO2. The lowest BCUT2D eigenvalue weighted by Crippen LogP contribution is -2.08. The van der Waals surface area contributed by atoms with Crippen molar-refractivity contribution in [2.45, 2.75) is 20.0 Å². The summed E-state index contributed by atoms with van der Waals surface area (Å²) in [5.74, 6) is 0.770. The molecule has 0 unspecified atom stereocenters. The molecule has 4 heteroatoms. The largest absolute Gasteiger partial charge is 0.493 e. The highest BCUT2D eigenvalue weighted by Crippen LogP contribution is 2.34. The second-order valence-electron chi connectivity index (χ2n) is 5.23. The SMILES string of the molecule is COc1cccc(C=C(C#N)c2cccc(F)c2)c1OC(C)C. The Hall–Kier alpha value is -2.80. The maximum atomic E-state index is 13.4. The van der Waals surface area contributed by atoms with Crippen LogP contribution >= 0.6 is 0 Å². The third kappa shape index (κ3) is 4.10. The maximum absolute atomic E-state index is 13.4. The number of hydrogen-bond acceptors (Lipinski definition) is 3. The molecule has 0 aliphatic carbocycles. The highest BCUT2D eigenvalue weighted by molar-refractivity contribution is 5.91. The van der Waals surface area contributed by atoms with Crippen molar-refractivity contribution >= 4 is 11.6 Å². The minimum atomic E-state index is -0.382. The number of ether oxygens (including phenoxy) is 2. The third-order valence-corrected chi connectivity index (χ3v) is 3.14. The summed E-state index contributed by atoms with van der Waals surface area (Å²) in [5, 5.41) is 9.42. The minimum absolute atomic E-state index is 0.0434. The fourth-order valence-corrected chi connectivity index (χ4v) is 2.16. The van der Waals surface area contributed by atoms with Crippen LogP contribution in [0.5, 0.6) is 11.5 Å². The molecule has 0 aliphatic heterocycles. The molecule has 0 fully saturated rings. The Morgan fingerprint density at radius 2 is 1.96 bits per heavy atom. The monoisotopic (exact) mass is 311 g/mol. The van der Waals surface area contributed by atoms with Crippen molar-refractivity contribution in [1.29, 1.82) is 5.26 Å². The summed E-state index contributed by atoms with van der Waals surface area (Å²) in [5.41, 5.74) is 1.58. The van der Waals surface area contributed by atoms with Gasteiger partial charge >= 0.3 is 0 Å². The maximum Gasteiger partial charge on any atom is 0.168 e. The number of allylic oxidation sites excluding steroid dienone is 1. The van der Waals surface area contributed by atoms with E-state index in [0.717, 1.165) is 0 Å². The van der Waals surface area contributed by atoms with Crippen LogP contribution in [0, 0.1) is 17.1 Å². The zero-order chi connectivity index (χ0) is 16.8. The summed E-state index contributed by atoms with van der Waals surface area (Å²) < 4.78 is 24.5. The predicted octanol–water partition coefficient (Wildman–Crippen LogP) is 4.69. The van der Waals surface area contributed by atoms with Gasteiger partial charge in [0.1, 0.15) is 5.82 Å². The van der Waals surface area contributed by atoms with Crippen LogP contribution in [0.2, 0.25) is 0 Å². The Morgan fingerprint density at radius 1 is 1.22 bits per heavy atom. The molecule has 0 saturated heterocycles. The molecule has 0 bridgehead atoms. The summed E-state index contributed by atoms with van der Waals surface area (Å²) in [4.78, 5) is 0. The smallest absolute Gasteiger partial charge is 0.168 e. The fraction of sp³-hybridized carbons (Fsp3) is 0.211. The Kier molecular flexibility index (Phi) is 5.37. The predicted molar refractivity (Wildman–Crippen MR) is 88.6 cm³/mol. The molecular weight excluding hydrogens is 293 g/mol. The third-order valence-electron chi connectivity index (χ3n) is 3.14. The zero-order valence-corrected chi connectivity index (χ0v) is 13.3. The van der Waals surface area contributed by atoms with E-state index in [1.807, 2.05) is 26.0 Å². The summed E-state index contributed by atoms with van der Waals surface area (Å²) in [6, 6.07) is 13.5. The van der Waals surface area contributed by atoms with Crippen LogP contribution in [-0.4, -0.2) is 13.2 Å². The van der Waals surface area contributed by atoms with Gasteiger partial charge in [0, 0.05) is 5.56 Å². The van der Waals surface area contributed by atoms with E-state index in [4.69, 9.17) is 9.47 Å². The molecule has 0 aromatic heterocycles. The number of halogens is 1. The molecule has 2 aromatic rings. The van der Waals surface area contributed by atoms with Gasteiger partial charge < -0.3 is 9.47 Å². The molecule has 2 rings (SSSR count). The Bertz CT molecular complexity index is 760. The lowest BCUT2D eigenvalue weighted by molar-refractivity contribution is 0.229. The van der Waals surface area contributed by atoms with Crippen LogP contribution in [0.1, 0.15) is 25.0 Å². The van der Waals surface area contributed by atoms with Crippen LogP contribution < -0.4 is 9.47 Å². The van der Waals surface area contributed by atoms with Crippen molar-refractivity contribution in [3.8, 4) is 17.6 Å². The molecule has 0 saturated carbocycles. The number of nitriles is 1. The van der Waals surface area contributed by atoms with Gasteiger partial charge in [0.25, 0.3) is 0 Å². The van der Waals surface area contributed by atoms with E-state index < -0.39 is 0 Å². The number of nitrogens with zero attached hydrogens (tertiary/aromatic N) is 1. The van der Waals surface area contributed by atoms with E-state index in [-0.39, 0.29) is 11.9 Å². The second kappa shape index (κ2) is 7.46. The summed E-state index contributed by atoms with van der Waals surface area (Å²) in [6.45, 7) is 3.83. The first-order chi connectivity index (χ1) is 11.0. The number of benzene rings is 2. The van der Waals surface area contributed by atoms with Crippen molar-refractivity contribution in [2.24, 2.45) is 0 Å². The zero-order valence-electron chi connectivity index (χ0n) is 13.3. The lowest BCUT2D eigenvalue weighted by Gasteiger charge is -2.16. The van der Waals surface area contributed by atoms with Crippen molar-refractivity contribution in [3.63, 3.8) is 0 Å². The quantitative estimate of drug-likeness (QED) is 0.594. The highest BCUT2D eigenvalue weighted by Gasteiger charge is 2.12. The van der Waals surface area contributed by atoms with E-state index in [1.165, 1.54) is 12.1 Å². The molecule has 0 heterocycles. The van der Waals surface area contributed by atoms with Crippen molar-refractivity contribution in [2.75, 3.05) is 7.11 Å². The van der Waals surface area contributed by atoms with Crippen molar-refractivity contribution in [3.05, 3.63) is 59.4 Å². The lowest BCUT2D eigenvalue weighted by atomic mass is 10.0. The van der Waals surface area contributed by atoms with Gasteiger partial charge in [-0.05, 0) is 43.7 Å². The molecule has 0 N–H and O–H groups in total. The molecule has 118 valence electrons. The van der Waals surface area contributed by atoms with Crippen molar-refractivity contribution < 1.29 is 13.9 Å². The molecule has 0 amide bonds. The Balaban J connectivity index is 2.54. The summed E-state index contributed by atoms with van der Waals surface area (Å²) >= 11 is 0. The number of rotatable bonds is 5. The number of para-hydroxylation sites is 1. The number of hydrogen-bond donors (Lipinski definition) is 0. The second-order valence-corrected chi connectivity index (χ2v) is 5.23. The van der Waals surface area contributed by atoms with Gasteiger partial charge in [0.15, 0.2) is 11.5 Å². The first kappa shape index (κ1) is 16.6. The van der Waals surface area contributed by atoms with E-state index >= 15 is 0 Å². The first-order valence-corrected chi connectivity index (χ1v) is 7.26. The summed E-state index contributed by atoms with van der Waals surface area (Å²) in [7, 11) is 1.56. The molecule has 0 radical (unpaired) electrons. The summed E-state index contributed by atoms with van der Waals surface area (Å²) in [6.07, 6.45) is 1.63. The van der Waals surface area contributed by atoms with Gasteiger partial charge in [-0.1, -0.05) is 24.3 Å². The average Bonchev–Trinajstić information content (AvgIpc) is 2.53. The molecule has 0 atom stereocenters. The van der Waals surface area contributed by atoms with Crippen LogP contribution in [0.25, 0.3) is 11.6 Å². The Labute approximate surface area is 135 Å². The van der Waals surface area contributed by atoms with E-state index in [9.17, 15) is 9.65 Å². The van der Waals surface area contributed by atoms with Gasteiger partial charge in [0.2, 0.25) is 0 Å². The van der Waals surface area contributed by atoms with Gasteiger partial charge in [-0.25, -0.2) is 4.39 Å². The standard InChI is InChI=1S/C19H18FNO2/c1-13(2)23-19-15(7-5-9-18(19)22-3)10-16(12-21)14-6-4-8-17(20)11-14/h4-11,13H,1-3H3. The van der Waals surface area contributed by atoms with E-state index in [1.54, 1.807) is 31.4 Å². The topological polar surface area (TPSA) is 42.2 Å². The Morgan fingerprint density at radius 3 is 2.57 bits per heavy atom. The van der Waals surface area contributed by atoms with Crippen LogP contribution in [0.4, 0.5) is 4.39 Å². The fourth-order valence-electron chi connectivity index (χ4n) is 2.16. The normalized spacial score (nSPS) is 11.2. The van der Waals surface area contributed by atoms with Gasteiger partial charge in [-0.15, -0.1) is 0 Å². The van der Waals surface area contributed by atoms with Crippen LogP contribution in [0.3, 0.4) is 0 Å². The minimum Gasteiger partial charge on any atom is -0.493 e. The molecule has 3 nitrogen and oxygen atoms in total. The highest BCUT2D eigenvalue weighted by atomic mass is 19.1. The van der Waals surface area contributed by atoms with E-state index in [0.29, 0.717) is 28.2 Å². The molecule has 23 heavy (non-hydrogen) atoms. The molecule has 0 aliphatic rings. The van der Waals surface area contributed by atoms with Gasteiger partial charge in [0.05, 0.1) is 24.9 Å². The van der Waals surface area contributed by atoms with E-state index in [2.05, 4.69) is 6.07 Å². The van der Waals surface area contributed by atoms with Crippen LogP contribution in [-0.2, 0) is 0 Å². The average molecular weight is 311 g/mol. The van der Waals surface area contributed by atoms with Gasteiger partial charge in [-0.2, -0.15) is 5.26 Å².